The lowest BCUT2D eigenvalue weighted by atomic mass is 9.85. The molecule has 0 heterocycles. The maximum absolute atomic E-state index is 11.8. The second-order valence-corrected chi connectivity index (χ2v) is 4.70. The van der Waals surface area contributed by atoms with E-state index in [-0.39, 0.29) is 5.91 Å². The van der Waals surface area contributed by atoms with Gasteiger partial charge in [0.2, 0.25) is 5.91 Å². The van der Waals surface area contributed by atoms with Gasteiger partial charge in [0.05, 0.1) is 0 Å². The van der Waals surface area contributed by atoms with Crippen LogP contribution >= 0.6 is 0 Å². The summed E-state index contributed by atoms with van der Waals surface area (Å²) in [6, 6.07) is 14.8. The maximum atomic E-state index is 11.8. The number of primary amides is 1. The molecule has 1 atom stereocenters. The van der Waals surface area contributed by atoms with Gasteiger partial charge < -0.3 is 16.2 Å². The molecule has 0 aliphatic heterocycles. The predicted octanol–water partition coefficient (Wildman–Crippen LogP) is 1.37. The van der Waals surface area contributed by atoms with E-state index in [2.05, 4.69) is 5.32 Å². The van der Waals surface area contributed by atoms with E-state index in [1.165, 1.54) is 6.92 Å². The van der Waals surface area contributed by atoms with E-state index < -0.39 is 11.5 Å². The molecule has 5 nitrogen and oxygen atoms in total. The number of carbonyl (C=O) groups excluding carboxylic acids is 2. The first kappa shape index (κ1) is 14.7. The van der Waals surface area contributed by atoms with Crippen molar-refractivity contribution in [2.45, 2.75) is 12.5 Å². The van der Waals surface area contributed by atoms with Gasteiger partial charge in [0.15, 0.2) is 5.60 Å². The summed E-state index contributed by atoms with van der Waals surface area (Å²) in [4.78, 5) is 22.8. The van der Waals surface area contributed by atoms with Crippen molar-refractivity contribution in [3.63, 3.8) is 0 Å². The molecule has 4 N–H and O–H groups in total. The molecule has 1 unspecified atom stereocenters. The minimum absolute atomic E-state index is 0.198. The molecule has 2 rings (SSSR count). The zero-order valence-corrected chi connectivity index (χ0v) is 11.5. The Balaban J connectivity index is 2.44. The van der Waals surface area contributed by atoms with E-state index in [1.54, 1.807) is 54.6 Å². The third-order valence-corrected chi connectivity index (χ3v) is 3.17. The largest absolute Gasteiger partial charge is 0.372 e. The minimum Gasteiger partial charge on any atom is -0.372 e. The topological polar surface area (TPSA) is 92.4 Å². The highest BCUT2D eigenvalue weighted by Gasteiger charge is 2.37. The zero-order valence-electron chi connectivity index (χ0n) is 11.5. The number of aliphatic hydroxyl groups is 1. The lowest BCUT2D eigenvalue weighted by Gasteiger charge is -2.25. The minimum atomic E-state index is -1.91. The number of benzene rings is 2. The molecular weight excluding hydrogens is 268 g/mol. The van der Waals surface area contributed by atoms with E-state index >= 15 is 0 Å². The van der Waals surface area contributed by atoms with Crippen LogP contribution in [0.2, 0.25) is 0 Å². The molecule has 0 fully saturated rings. The summed E-state index contributed by atoms with van der Waals surface area (Å²) in [6.07, 6.45) is 0. The second-order valence-electron chi connectivity index (χ2n) is 4.70. The van der Waals surface area contributed by atoms with Crippen LogP contribution in [-0.2, 0) is 15.2 Å². The average Bonchev–Trinajstić information content (AvgIpc) is 2.47. The number of nitrogens with two attached hydrogens (primary N) is 1. The monoisotopic (exact) mass is 284 g/mol. The van der Waals surface area contributed by atoms with Gasteiger partial charge in [-0.05, 0) is 23.3 Å². The average molecular weight is 284 g/mol. The Morgan fingerprint density at radius 3 is 2.00 bits per heavy atom. The van der Waals surface area contributed by atoms with Crippen LogP contribution in [0.15, 0.2) is 54.6 Å². The molecule has 0 radical (unpaired) electrons. The first-order valence-corrected chi connectivity index (χ1v) is 6.40. The number of amides is 2. The summed E-state index contributed by atoms with van der Waals surface area (Å²) in [7, 11) is 0. The van der Waals surface area contributed by atoms with Crippen LogP contribution in [0.1, 0.15) is 18.1 Å². The Morgan fingerprint density at radius 1 is 1.00 bits per heavy atom. The number of nitrogens with one attached hydrogen (secondary N) is 1. The van der Waals surface area contributed by atoms with Crippen LogP contribution < -0.4 is 11.1 Å². The lowest BCUT2D eigenvalue weighted by molar-refractivity contribution is -0.133. The molecule has 0 aliphatic rings. The van der Waals surface area contributed by atoms with Crippen molar-refractivity contribution in [2.24, 2.45) is 5.73 Å². The van der Waals surface area contributed by atoms with Gasteiger partial charge in [-0.25, -0.2) is 0 Å². The summed E-state index contributed by atoms with van der Waals surface area (Å²) in [5.41, 5.74) is 4.80. The van der Waals surface area contributed by atoms with Gasteiger partial charge in [0.25, 0.3) is 5.91 Å². The Morgan fingerprint density at radius 2 is 1.52 bits per heavy atom. The van der Waals surface area contributed by atoms with Gasteiger partial charge in [-0.3, -0.25) is 9.59 Å². The number of hydrogen-bond acceptors (Lipinski definition) is 3. The van der Waals surface area contributed by atoms with Crippen molar-refractivity contribution in [3.8, 4) is 0 Å². The third-order valence-electron chi connectivity index (χ3n) is 3.17. The first-order chi connectivity index (χ1) is 9.94. The molecular formula is C16H16N2O3. The number of hydrogen-bond donors (Lipinski definition) is 3. The SMILES string of the molecule is CC(=O)Nc1ccc(C(O)(C(N)=O)c2ccccc2)cc1. The zero-order chi connectivity index (χ0) is 15.5. The second kappa shape index (κ2) is 5.76. The Hall–Kier alpha value is -2.66. The van der Waals surface area contributed by atoms with Crippen molar-refractivity contribution < 1.29 is 14.7 Å². The molecule has 0 aromatic heterocycles. The number of anilines is 1. The molecule has 2 aromatic carbocycles. The molecule has 2 amide bonds. The van der Waals surface area contributed by atoms with E-state index in [0.717, 1.165) is 0 Å². The Bertz CT molecular complexity index is 653. The fourth-order valence-corrected chi connectivity index (χ4v) is 2.13. The number of carbonyl (C=O) groups is 2. The standard InChI is InChI=1S/C16H16N2O3/c1-11(19)18-14-9-7-13(8-10-14)16(21,15(17)20)12-5-3-2-4-6-12/h2-10,21H,1H3,(H2,17,20)(H,18,19). The van der Waals surface area contributed by atoms with Crippen molar-refractivity contribution >= 4 is 17.5 Å². The normalized spacial score (nSPS) is 13.2. The fourth-order valence-electron chi connectivity index (χ4n) is 2.13. The first-order valence-electron chi connectivity index (χ1n) is 6.40. The molecule has 5 heteroatoms. The van der Waals surface area contributed by atoms with Gasteiger partial charge in [-0.2, -0.15) is 0 Å². The lowest BCUT2D eigenvalue weighted by Crippen LogP contribution is -2.42. The highest BCUT2D eigenvalue weighted by Crippen LogP contribution is 2.30. The predicted molar refractivity (Wildman–Crippen MR) is 79.4 cm³/mol. The van der Waals surface area contributed by atoms with Crippen molar-refractivity contribution in [1.82, 2.24) is 0 Å². The highest BCUT2D eigenvalue weighted by atomic mass is 16.3. The van der Waals surface area contributed by atoms with E-state index in [0.29, 0.717) is 16.8 Å². The molecule has 108 valence electrons. The van der Waals surface area contributed by atoms with Gasteiger partial charge in [0, 0.05) is 12.6 Å². The van der Waals surface area contributed by atoms with Crippen molar-refractivity contribution in [3.05, 3.63) is 65.7 Å². The van der Waals surface area contributed by atoms with Gasteiger partial charge in [0.1, 0.15) is 0 Å². The van der Waals surface area contributed by atoms with Crippen molar-refractivity contribution in [1.29, 1.82) is 0 Å². The summed E-state index contributed by atoms with van der Waals surface area (Å²) in [5, 5.41) is 13.4. The molecule has 0 spiro atoms. The summed E-state index contributed by atoms with van der Waals surface area (Å²) < 4.78 is 0. The molecule has 0 bridgehead atoms. The van der Waals surface area contributed by atoms with Crippen LogP contribution in [0.5, 0.6) is 0 Å². The van der Waals surface area contributed by atoms with E-state index in [1.807, 2.05) is 0 Å². The van der Waals surface area contributed by atoms with Gasteiger partial charge >= 0.3 is 0 Å². The van der Waals surface area contributed by atoms with Crippen LogP contribution in [0.4, 0.5) is 5.69 Å². The van der Waals surface area contributed by atoms with Crippen LogP contribution in [-0.4, -0.2) is 16.9 Å². The molecule has 0 aliphatic carbocycles. The van der Waals surface area contributed by atoms with Crippen LogP contribution in [0.3, 0.4) is 0 Å². The van der Waals surface area contributed by atoms with E-state index in [4.69, 9.17) is 5.73 Å². The Kier molecular flexibility index (Phi) is 4.05. The van der Waals surface area contributed by atoms with Crippen LogP contribution in [0, 0.1) is 0 Å². The summed E-state index contributed by atoms with van der Waals surface area (Å²) in [5.74, 6) is -1.06. The quantitative estimate of drug-likeness (QED) is 0.791. The molecule has 2 aromatic rings. The fraction of sp³-hybridized carbons (Fsp3) is 0.125. The Labute approximate surface area is 122 Å². The van der Waals surface area contributed by atoms with E-state index in [9.17, 15) is 14.7 Å². The van der Waals surface area contributed by atoms with Gasteiger partial charge in [-0.15, -0.1) is 0 Å². The highest BCUT2D eigenvalue weighted by molar-refractivity contribution is 5.90. The maximum Gasteiger partial charge on any atom is 0.258 e. The molecule has 21 heavy (non-hydrogen) atoms. The summed E-state index contributed by atoms with van der Waals surface area (Å²) >= 11 is 0. The third kappa shape index (κ3) is 2.93. The molecule has 0 saturated carbocycles. The van der Waals surface area contributed by atoms with Crippen molar-refractivity contribution in [2.75, 3.05) is 5.32 Å². The smallest absolute Gasteiger partial charge is 0.258 e. The van der Waals surface area contributed by atoms with Gasteiger partial charge in [-0.1, -0.05) is 42.5 Å². The number of rotatable bonds is 4. The summed E-state index contributed by atoms with van der Waals surface area (Å²) in [6.45, 7) is 1.40. The molecule has 0 saturated heterocycles. The van der Waals surface area contributed by atoms with Crippen LogP contribution in [0.25, 0.3) is 0 Å².